The van der Waals surface area contributed by atoms with Crippen LogP contribution in [0, 0.1) is 11.8 Å². The van der Waals surface area contributed by atoms with Gasteiger partial charge in [-0.15, -0.1) is 0 Å². The number of carbonyl (C=O) groups is 3. The van der Waals surface area contributed by atoms with Gasteiger partial charge < -0.3 is 20.5 Å². The first kappa shape index (κ1) is 23.5. The fourth-order valence-electron chi connectivity index (χ4n) is 4.67. The highest BCUT2D eigenvalue weighted by Gasteiger charge is 2.30. The monoisotopic (exact) mass is 462 g/mol. The molecule has 0 aliphatic heterocycles. The highest BCUT2D eigenvalue weighted by atomic mass is 16.5. The molecule has 7 nitrogen and oxygen atoms in total. The predicted molar refractivity (Wildman–Crippen MR) is 128 cm³/mol. The van der Waals surface area contributed by atoms with Gasteiger partial charge in [0.05, 0.1) is 12.0 Å². The molecular formula is C27H30N2O5. The molecule has 0 radical (unpaired) electrons. The molecule has 2 aliphatic carbocycles. The van der Waals surface area contributed by atoms with Crippen LogP contribution >= 0.6 is 0 Å². The number of ether oxygens (including phenoxy) is 1. The summed E-state index contributed by atoms with van der Waals surface area (Å²) in [4.78, 5) is 35.6. The second-order valence-corrected chi connectivity index (χ2v) is 9.09. The van der Waals surface area contributed by atoms with Gasteiger partial charge in [0.2, 0.25) is 5.91 Å². The van der Waals surface area contributed by atoms with Gasteiger partial charge in [0.1, 0.15) is 6.61 Å². The van der Waals surface area contributed by atoms with Gasteiger partial charge in [0.15, 0.2) is 0 Å². The summed E-state index contributed by atoms with van der Waals surface area (Å²) in [5.74, 6) is -1.20. The highest BCUT2D eigenvalue weighted by molar-refractivity contribution is 5.81. The largest absolute Gasteiger partial charge is 0.481 e. The fraction of sp³-hybridized carbons (Fsp3) is 0.370. The normalized spacial score (nSPS) is 19.2. The molecule has 7 heteroatoms. The van der Waals surface area contributed by atoms with E-state index in [4.69, 9.17) is 9.84 Å². The quantitative estimate of drug-likeness (QED) is 0.487. The molecule has 0 fully saturated rings. The minimum Gasteiger partial charge on any atom is -0.481 e. The number of carboxylic acids is 1. The van der Waals surface area contributed by atoms with Crippen molar-refractivity contribution in [3.63, 3.8) is 0 Å². The molecule has 0 heterocycles. The van der Waals surface area contributed by atoms with Gasteiger partial charge in [-0.1, -0.05) is 67.6 Å². The van der Waals surface area contributed by atoms with Crippen molar-refractivity contribution in [2.75, 3.05) is 13.2 Å². The van der Waals surface area contributed by atoms with E-state index < -0.39 is 12.1 Å². The summed E-state index contributed by atoms with van der Waals surface area (Å²) in [6, 6.07) is 16.1. The SMILES string of the molecule is CC(CCC(=O)O)CNC(=O)C1C=CC(NC(=O)OCC2c3ccccc3-c3ccccc32)C1. The van der Waals surface area contributed by atoms with Crippen LogP contribution in [0.25, 0.3) is 11.1 Å². The zero-order valence-corrected chi connectivity index (χ0v) is 19.2. The molecule has 4 rings (SSSR count). The Hall–Kier alpha value is -3.61. The number of aliphatic carboxylic acids is 1. The molecule has 0 aromatic heterocycles. The van der Waals surface area contributed by atoms with Crippen LogP contribution in [0.2, 0.25) is 0 Å². The van der Waals surface area contributed by atoms with E-state index in [1.807, 2.05) is 37.3 Å². The number of carboxylic acid groups (broad SMARTS) is 1. The first-order valence-corrected chi connectivity index (χ1v) is 11.7. The maximum atomic E-state index is 12.5. The van der Waals surface area contributed by atoms with Crippen molar-refractivity contribution in [1.29, 1.82) is 0 Å². The zero-order valence-electron chi connectivity index (χ0n) is 19.2. The molecule has 2 aromatic carbocycles. The summed E-state index contributed by atoms with van der Waals surface area (Å²) in [5, 5.41) is 14.5. The maximum Gasteiger partial charge on any atom is 0.407 e. The minimum atomic E-state index is -0.834. The van der Waals surface area contributed by atoms with E-state index in [1.54, 1.807) is 6.08 Å². The molecule has 34 heavy (non-hydrogen) atoms. The average Bonchev–Trinajstić information content (AvgIpc) is 3.42. The van der Waals surface area contributed by atoms with Gasteiger partial charge in [-0.05, 0) is 41.0 Å². The Labute approximate surface area is 199 Å². The summed E-state index contributed by atoms with van der Waals surface area (Å²) in [6.07, 6.45) is 4.19. The van der Waals surface area contributed by atoms with E-state index in [1.165, 1.54) is 11.1 Å². The number of amides is 2. The Balaban J connectivity index is 1.23. The fourth-order valence-corrected chi connectivity index (χ4v) is 4.67. The van der Waals surface area contributed by atoms with Gasteiger partial charge in [-0.25, -0.2) is 4.79 Å². The Bertz CT molecular complexity index is 1050. The Morgan fingerprint density at radius 1 is 1.03 bits per heavy atom. The van der Waals surface area contributed by atoms with Crippen molar-refractivity contribution in [1.82, 2.24) is 10.6 Å². The van der Waals surface area contributed by atoms with Gasteiger partial charge >= 0.3 is 12.1 Å². The average molecular weight is 463 g/mol. The van der Waals surface area contributed by atoms with E-state index in [0.29, 0.717) is 19.4 Å². The summed E-state index contributed by atoms with van der Waals surface area (Å²) in [5.41, 5.74) is 4.67. The van der Waals surface area contributed by atoms with Crippen LogP contribution in [0.4, 0.5) is 4.79 Å². The predicted octanol–water partition coefficient (Wildman–Crippen LogP) is 4.09. The first-order valence-electron chi connectivity index (χ1n) is 11.7. The Morgan fingerprint density at radius 2 is 1.68 bits per heavy atom. The minimum absolute atomic E-state index is 0.00101. The molecule has 0 saturated heterocycles. The summed E-state index contributed by atoms with van der Waals surface area (Å²) >= 11 is 0. The van der Waals surface area contributed by atoms with Gasteiger partial charge in [0, 0.05) is 18.9 Å². The topological polar surface area (TPSA) is 105 Å². The van der Waals surface area contributed by atoms with Crippen LogP contribution in [0.1, 0.15) is 43.2 Å². The molecule has 178 valence electrons. The van der Waals surface area contributed by atoms with Crippen LogP contribution in [-0.4, -0.2) is 42.3 Å². The molecule has 2 aliphatic rings. The lowest BCUT2D eigenvalue weighted by molar-refractivity contribution is -0.137. The van der Waals surface area contributed by atoms with Crippen LogP contribution in [-0.2, 0) is 14.3 Å². The summed E-state index contributed by atoms with van der Waals surface area (Å²) in [6.45, 7) is 2.59. The van der Waals surface area contributed by atoms with Crippen molar-refractivity contribution in [3.8, 4) is 11.1 Å². The number of alkyl carbamates (subject to hydrolysis) is 1. The van der Waals surface area contributed by atoms with Crippen LogP contribution in [0.3, 0.4) is 0 Å². The third-order valence-corrected chi connectivity index (χ3v) is 6.54. The third kappa shape index (κ3) is 5.47. The molecule has 0 spiro atoms. The Kier molecular flexibility index (Phi) is 7.30. The number of nitrogens with one attached hydrogen (secondary N) is 2. The van der Waals surface area contributed by atoms with E-state index in [0.717, 1.165) is 11.1 Å². The van der Waals surface area contributed by atoms with Gasteiger partial charge in [-0.2, -0.15) is 0 Å². The van der Waals surface area contributed by atoms with Crippen molar-refractivity contribution in [2.45, 2.75) is 38.1 Å². The maximum absolute atomic E-state index is 12.5. The Morgan fingerprint density at radius 3 is 2.32 bits per heavy atom. The molecule has 3 N–H and O–H groups in total. The van der Waals surface area contributed by atoms with Gasteiger partial charge in [0.25, 0.3) is 0 Å². The summed E-state index contributed by atoms with van der Waals surface area (Å²) < 4.78 is 5.59. The molecule has 3 unspecified atom stereocenters. The van der Waals surface area contributed by atoms with Gasteiger partial charge in [-0.3, -0.25) is 9.59 Å². The van der Waals surface area contributed by atoms with Crippen LogP contribution in [0.5, 0.6) is 0 Å². The van der Waals surface area contributed by atoms with E-state index in [9.17, 15) is 14.4 Å². The lowest BCUT2D eigenvalue weighted by atomic mass is 9.98. The van der Waals surface area contributed by atoms with Crippen molar-refractivity contribution in [2.24, 2.45) is 11.8 Å². The second-order valence-electron chi connectivity index (χ2n) is 9.09. The molecular weight excluding hydrogens is 432 g/mol. The van der Waals surface area contributed by atoms with E-state index in [2.05, 4.69) is 34.9 Å². The number of fused-ring (bicyclic) bond motifs is 3. The van der Waals surface area contributed by atoms with Crippen molar-refractivity contribution in [3.05, 3.63) is 71.8 Å². The number of rotatable bonds is 9. The zero-order chi connectivity index (χ0) is 24.1. The molecule has 0 bridgehead atoms. The lowest BCUT2D eigenvalue weighted by Gasteiger charge is -2.17. The number of benzene rings is 2. The second kappa shape index (κ2) is 10.5. The highest BCUT2D eigenvalue weighted by Crippen LogP contribution is 2.44. The smallest absolute Gasteiger partial charge is 0.407 e. The molecule has 2 amide bonds. The van der Waals surface area contributed by atoms with Crippen LogP contribution < -0.4 is 10.6 Å². The number of hydrogen-bond donors (Lipinski definition) is 3. The molecule has 0 saturated carbocycles. The lowest BCUT2D eigenvalue weighted by Crippen LogP contribution is -2.37. The van der Waals surface area contributed by atoms with E-state index >= 15 is 0 Å². The van der Waals surface area contributed by atoms with E-state index in [-0.39, 0.29) is 42.7 Å². The standard InChI is InChI=1S/C27H30N2O5/c1-17(10-13-25(30)31)15-28-26(32)18-11-12-19(14-18)29-27(33)34-16-24-22-8-4-2-6-20(22)21-7-3-5-9-23(21)24/h2-9,11-12,17-19,24H,10,13-16H2,1H3,(H,28,32)(H,29,33)(H,30,31). The van der Waals surface area contributed by atoms with Crippen molar-refractivity contribution >= 4 is 18.0 Å². The molecule has 2 aromatic rings. The third-order valence-electron chi connectivity index (χ3n) is 6.54. The number of carbonyl (C=O) groups excluding carboxylic acids is 2. The summed E-state index contributed by atoms with van der Waals surface area (Å²) in [7, 11) is 0. The van der Waals surface area contributed by atoms with Crippen molar-refractivity contribution < 1.29 is 24.2 Å². The van der Waals surface area contributed by atoms with Crippen LogP contribution in [0.15, 0.2) is 60.7 Å². The number of hydrogen-bond acceptors (Lipinski definition) is 4. The first-order chi connectivity index (χ1) is 16.4. The molecule has 3 atom stereocenters.